The first kappa shape index (κ1) is 28.2. The third kappa shape index (κ3) is 5.27. The van der Waals surface area contributed by atoms with E-state index in [9.17, 15) is 34.2 Å². The van der Waals surface area contributed by atoms with Crippen molar-refractivity contribution in [3.05, 3.63) is 119 Å². The molecule has 43 heavy (non-hydrogen) atoms. The Morgan fingerprint density at radius 1 is 0.395 bits per heavy atom. The van der Waals surface area contributed by atoms with Crippen LogP contribution in [0.5, 0.6) is 0 Å². The molecule has 0 saturated carbocycles. The molecule has 6 aromatic rings. The molecular weight excluding hydrogens is 556 g/mol. The number of hydrogen-bond acceptors (Lipinski definition) is 5. The van der Waals surface area contributed by atoms with Crippen LogP contribution < -0.4 is 0 Å². The lowest BCUT2D eigenvalue weighted by molar-refractivity contribution is 0.0652. The lowest BCUT2D eigenvalue weighted by Gasteiger charge is -2.10. The zero-order valence-corrected chi connectivity index (χ0v) is 21.9. The van der Waals surface area contributed by atoms with Crippen LogP contribution in [0, 0.1) is 0 Å². The van der Waals surface area contributed by atoms with Gasteiger partial charge in [-0.1, -0.05) is 42.5 Å². The molecule has 0 aliphatic carbocycles. The zero-order valence-electron chi connectivity index (χ0n) is 21.9. The molecule has 0 aliphatic heterocycles. The van der Waals surface area contributed by atoms with E-state index in [1.807, 2.05) is 18.2 Å². The highest BCUT2D eigenvalue weighted by Gasteiger charge is 2.20. The van der Waals surface area contributed by atoms with E-state index in [1.165, 1.54) is 30.3 Å². The van der Waals surface area contributed by atoms with Gasteiger partial charge in [-0.05, 0) is 86.2 Å². The van der Waals surface area contributed by atoms with E-state index in [0.29, 0.717) is 26.9 Å². The predicted octanol–water partition coefficient (Wildman–Crippen LogP) is 6.48. The highest BCUT2D eigenvalue weighted by molar-refractivity contribution is 6.20. The molecule has 0 spiro atoms. The molecule has 6 rings (SSSR count). The maximum Gasteiger partial charge on any atom is 0.336 e. The van der Waals surface area contributed by atoms with Gasteiger partial charge in [0, 0.05) is 5.39 Å². The van der Waals surface area contributed by atoms with Crippen LogP contribution in [0.15, 0.2) is 91.0 Å². The van der Waals surface area contributed by atoms with Crippen molar-refractivity contribution >= 4 is 72.9 Å². The highest BCUT2D eigenvalue weighted by Crippen LogP contribution is 2.31. The van der Waals surface area contributed by atoms with E-state index in [-0.39, 0.29) is 33.2 Å². The number of carboxylic acid groups (broad SMARTS) is 5. The fourth-order valence-electron chi connectivity index (χ4n) is 5.06. The molecule has 0 unspecified atom stereocenters. The number of carbonyl (C=O) groups is 5. The lowest BCUT2D eigenvalue weighted by Crippen LogP contribution is -2.07. The van der Waals surface area contributed by atoms with Gasteiger partial charge < -0.3 is 25.5 Å². The van der Waals surface area contributed by atoms with E-state index in [0.717, 1.165) is 10.8 Å². The first-order chi connectivity index (χ1) is 20.5. The Morgan fingerprint density at radius 3 is 1.51 bits per heavy atom. The minimum Gasteiger partial charge on any atom is -0.478 e. The van der Waals surface area contributed by atoms with Gasteiger partial charge in [-0.2, -0.15) is 0 Å². The molecule has 0 amide bonds. The van der Waals surface area contributed by atoms with Gasteiger partial charge in [0.2, 0.25) is 0 Å². The molecular formula is C33H20O10. The minimum absolute atomic E-state index is 0.00523. The summed E-state index contributed by atoms with van der Waals surface area (Å²) in [5.74, 6) is -5.96. The van der Waals surface area contributed by atoms with Crippen molar-refractivity contribution in [3.63, 3.8) is 0 Å². The highest BCUT2D eigenvalue weighted by atomic mass is 16.4. The molecule has 0 fully saturated rings. The summed E-state index contributed by atoms with van der Waals surface area (Å²) in [6.07, 6.45) is 0. The largest absolute Gasteiger partial charge is 0.478 e. The SMILES string of the molecule is O=C(O)c1ccc2cc3cc(C(=O)O)c(C(=O)O)cc3cc2c1.O=C(O)c1cccc2cc3ccccc3c(C(=O)O)c12. The molecule has 212 valence electrons. The van der Waals surface area contributed by atoms with E-state index in [2.05, 4.69) is 0 Å². The monoisotopic (exact) mass is 576 g/mol. The summed E-state index contributed by atoms with van der Waals surface area (Å²) in [5.41, 5.74) is -0.426. The van der Waals surface area contributed by atoms with E-state index < -0.39 is 29.8 Å². The summed E-state index contributed by atoms with van der Waals surface area (Å²) in [6, 6.07) is 24.2. The molecule has 10 heteroatoms. The van der Waals surface area contributed by atoms with Gasteiger partial charge in [0.1, 0.15) is 0 Å². The molecule has 0 heterocycles. The summed E-state index contributed by atoms with van der Waals surface area (Å²) in [4.78, 5) is 56.4. The average Bonchev–Trinajstić information content (AvgIpc) is 2.97. The van der Waals surface area contributed by atoms with E-state index in [1.54, 1.807) is 42.5 Å². The summed E-state index contributed by atoms with van der Waals surface area (Å²) in [6.45, 7) is 0. The third-order valence-corrected chi connectivity index (χ3v) is 6.97. The fraction of sp³-hybridized carbons (Fsp3) is 0. The average molecular weight is 577 g/mol. The Morgan fingerprint density at radius 2 is 0.930 bits per heavy atom. The maximum atomic E-state index is 11.6. The third-order valence-electron chi connectivity index (χ3n) is 6.97. The Hall–Kier alpha value is -6.29. The zero-order chi connectivity index (χ0) is 31.0. The smallest absolute Gasteiger partial charge is 0.336 e. The van der Waals surface area contributed by atoms with Crippen molar-refractivity contribution in [2.45, 2.75) is 0 Å². The molecule has 0 aliphatic rings. The molecule has 0 atom stereocenters. The summed E-state index contributed by atoms with van der Waals surface area (Å²) < 4.78 is 0. The topological polar surface area (TPSA) is 186 Å². The molecule has 0 saturated heterocycles. The summed E-state index contributed by atoms with van der Waals surface area (Å²) >= 11 is 0. The van der Waals surface area contributed by atoms with Gasteiger partial charge in [-0.15, -0.1) is 0 Å². The number of fused-ring (bicyclic) bond motifs is 4. The Kier molecular flexibility index (Phi) is 7.19. The second-order valence-corrected chi connectivity index (χ2v) is 9.56. The van der Waals surface area contributed by atoms with Crippen molar-refractivity contribution in [2.24, 2.45) is 0 Å². The van der Waals surface area contributed by atoms with Gasteiger partial charge in [0.15, 0.2) is 0 Å². The van der Waals surface area contributed by atoms with Gasteiger partial charge in [0.05, 0.1) is 27.8 Å². The summed E-state index contributed by atoms with van der Waals surface area (Å²) in [7, 11) is 0. The van der Waals surface area contributed by atoms with E-state index >= 15 is 0 Å². The van der Waals surface area contributed by atoms with Crippen molar-refractivity contribution < 1.29 is 49.5 Å². The number of aromatic carboxylic acids is 5. The second-order valence-electron chi connectivity index (χ2n) is 9.56. The van der Waals surface area contributed by atoms with Crippen LogP contribution in [0.1, 0.15) is 51.8 Å². The molecule has 5 N–H and O–H groups in total. The van der Waals surface area contributed by atoms with Crippen molar-refractivity contribution in [1.29, 1.82) is 0 Å². The number of carboxylic acids is 5. The van der Waals surface area contributed by atoms with E-state index in [4.69, 9.17) is 15.3 Å². The molecule has 0 aromatic heterocycles. The maximum absolute atomic E-state index is 11.6. The van der Waals surface area contributed by atoms with Crippen LogP contribution in [0.4, 0.5) is 0 Å². The summed E-state index contributed by atoms with van der Waals surface area (Å²) in [5, 5.41) is 50.8. The minimum atomic E-state index is -1.33. The Balaban J connectivity index is 0.000000173. The van der Waals surface area contributed by atoms with Crippen LogP contribution >= 0.6 is 0 Å². The van der Waals surface area contributed by atoms with Crippen LogP contribution in [0.2, 0.25) is 0 Å². The van der Waals surface area contributed by atoms with Gasteiger partial charge in [0.25, 0.3) is 0 Å². The number of benzene rings is 6. The number of rotatable bonds is 5. The quantitative estimate of drug-likeness (QED) is 0.142. The molecule has 6 aromatic carbocycles. The van der Waals surface area contributed by atoms with Crippen LogP contribution in [-0.4, -0.2) is 55.4 Å². The van der Waals surface area contributed by atoms with Crippen LogP contribution in [0.3, 0.4) is 0 Å². The van der Waals surface area contributed by atoms with Gasteiger partial charge in [-0.25, -0.2) is 24.0 Å². The molecule has 10 nitrogen and oxygen atoms in total. The standard InChI is InChI=1S/C17H10O6.C16H10O4/c18-15(19)9-2-1-8-3-11-6-13(16(20)21)14(17(22)23)7-12(11)5-10(8)4-9;17-15(18)12-7-3-5-10-8-9-4-1-2-6-11(9)14(13(10)12)16(19)20/h1-7H,(H,18,19)(H,20,21)(H,22,23);1-8H,(H,17,18)(H,19,20). The van der Waals surface area contributed by atoms with Crippen molar-refractivity contribution in [2.75, 3.05) is 0 Å². The van der Waals surface area contributed by atoms with Gasteiger partial charge >= 0.3 is 29.8 Å². The second kappa shape index (κ2) is 10.9. The van der Waals surface area contributed by atoms with Crippen molar-refractivity contribution in [3.8, 4) is 0 Å². The van der Waals surface area contributed by atoms with Crippen LogP contribution in [0.25, 0.3) is 43.1 Å². The lowest BCUT2D eigenvalue weighted by atomic mass is 9.93. The first-order valence-electron chi connectivity index (χ1n) is 12.6. The fourth-order valence-corrected chi connectivity index (χ4v) is 5.06. The molecule has 0 bridgehead atoms. The Bertz CT molecular complexity index is 2180. The molecule has 0 radical (unpaired) electrons. The van der Waals surface area contributed by atoms with Crippen molar-refractivity contribution in [1.82, 2.24) is 0 Å². The first-order valence-corrected chi connectivity index (χ1v) is 12.6. The van der Waals surface area contributed by atoms with Crippen LogP contribution in [-0.2, 0) is 0 Å². The normalized spacial score (nSPS) is 10.8. The van der Waals surface area contributed by atoms with Gasteiger partial charge in [-0.3, -0.25) is 0 Å². The predicted molar refractivity (Wildman–Crippen MR) is 158 cm³/mol. The Labute approximate surface area is 241 Å². The number of hydrogen-bond donors (Lipinski definition) is 5.